The number of rotatable bonds is 9. The van der Waals surface area contributed by atoms with Gasteiger partial charge in [0, 0.05) is 39.3 Å². The molecule has 9 aromatic rings. The smallest absolute Gasteiger partial charge is 0.248 e. The summed E-state index contributed by atoms with van der Waals surface area (Å²) in [6.07, 6.45) is 0. The van der Waals surface area contributed by atoms with Crippen molar-refractivity contribution in [2.75, 3.05) is 4.90 Å². The summed E-state index contributed by atoms with van der Waals surface area (Å²) in [7, 11) is 0. The van der Waals surface area contributed by atoms with Crippen LogP contribution in [-0.2, 0) is 10.8 Å². The lowest BCUT2D eigenvalue weighted by Gasteiger charge is -2.26. The van der Waals surface area contributed by atoms with Gasteiger partial charge < -0.3 is 13.7 Å². The van der Waals surface area contributed by atoms with Gasteiger partial charge in [-0.2, -0.15) is 0 Å². The van der Waals surface area contributed by atoms with Crippen LogP contribution in [0, 0.1) is 0 Å². The van der Waals surface area contributed by atoms with E-state index in [4.69, 9.17) is 8.83 Å². The Kier molecular flexibility index (Phi) is 10.3. The first kappa shape index (κ1) is 39.1. The Bertz CT molecular complexity index is 2720. The van der Waals surface area contributed by atoms with E-state index in [1.165, 1.54) is 11.1 Å². The van der Waals surface area contributed by atoms with Gasteiger partial charge in [-0.05, 0) is 129 Å². The topological polar surface area (TPSA) is 81.1 Å². The highest BCUT2D eigenvalue weighted by molar-refractivity contribution is 5.81. The van der Waals surface area contributed by atoms with Crippen molar-refractivity contribution < 1.29 is 8.83 Å². The van der Waals surface area contributed by atoms with Gasteiger partial charge in [0.25, 0.3) is 0 Å². The summed E-state index contributed by atoms with van der Waals surface area (Å²) in [6, 6.07) is 60.9. The van der Waals surface area contributed by atoms with E-state index < -0.39 is 0 Å². The Labute approximate surface area is 357 Å². The third-order valence-corrected chi connectivity index (χ3v) is 11.0. The normalized spacial score (nSPS) is 11.8. The molecule has 0 unspecified atom stereocenters. The van der Waals surface area contributed by atoms with Crippen LogP contribution in [0.5, 0.6) is 0 Å². The van der Waals surface area contributed by atoms with Crippen molar-refractivity contribution >= 4 is 17.1 Å². The number of benzene rings is 7. The molecule has 2 aromatic heterocycles. The zero-order valence-electron chi connectivity index (χ0n) is 35.3. The third-order valence-electron chi connectivity index (χ3n) is 11.0. The van der Waals surface area contributed by atoms with Gasteiger partial charge in [0.05, 0.1) is 0 Å². The van der Waals surface area contributed by atoms with E-state index in [1.807, 2.05) is 54.6 Å². The van der Waals surface area contributed by atoms with Crippen LogP contribution < -0.4 is 4.90 Å². The van der Waals surface area contributed by atoms with E-state index in [1.54, 1.807) is 0 Å². The Hall–Kier alpha value is -7.38. The highest BCUT2D eigenvalue weighted by atomic mass is 16.4. The fraction of sp³-hybridized carbons (Fsp3) is 0.148. The van der Waals surface area contributed by atoms with Crippen molar-refractivity contribution in [1.82, 2.24) is 20.4 Å². The van der Waals surface area contributed by atoms with Gasteiger partial charge in [0.2, 0.25) is 23.6 Å². The zero-order valence-corrected chi connectivity index (χ0v) is 35.3. The second-order valence-corrected chi connectivity index (χ2v) is 17.4. The summed E-state index contributed by atoms with van der Waals surface area (Å²) in [4.78, 5) is 2.27. The number of hydrogen-bond acceptors (Lipinski definition) is 7. The van der Waals surface area contributed by atoms with Crippen LogP contribution in [0.25, 0.3) is 68.1 Å². The summed E-state index contributed by atoms with van der Waals surface area (Å²) in [5.74, 6) is 1.98. The van der Waals surface area contributed by atoms with E-state index in [-0.39, 0.29) is 10.8 Å². The molecule has 0 saturated heterocycles. The molecule has 0 aliphatic rings. The number of anilines is 3. The maximum Gasteiger partial charge on any atom is 0.248 e. The summed E-state index contributed by atoms with van der Waals surface area (Å²) >= 11 is 0. The van der Waals surface area contributed by atoms with Crippen LogP contribution in [0.15, 0.2) is 185 Å². The molecule has 0 bridgehead atoms. The summed E-state index contributed by atoms with van der Waals surface area (Å²) in [5.41, 5.74) is 13.6. The molecule has 0 amide bonds. The van der Waals surface area contributed by atoms with Crippen molar-refractivity contribution in [1.29, 1.82) is 0 Å². The second kappa shape index (κ2) is 16.0. The average Bonchev–Trinajstić information content (AvgIpc) is 3.99. The highest BCUT2D eigenvalue weighted by Crippen LogP contribution is 2.38. The molecule has 61 heavy (non-hydrogen) atoms. The molecule has 300 valence electrons. The largest absolute Gasteiger partial charge is 0.416 e. The van der Waals surface area contributed by atoms with E-state index in [0.29, 0.717) is 23.6 Å². The number of aromatic nitrogens is 4. The van der Waals surface area contributed by atoms with E-state index >= 15 is 0 Å². The van der Waals surface area contributed by atoms with Crippen LogP contribution in [-0.4, -0.2) is 20.4 Å². The first-order valence-electron chi connectivity index (χ1n) is 20.6. The van der Waals surface area contributed by atoms with Crippen LogP contribution >= 0.6 is 0 Å². The van der Waals surface area contributed by atoms with Crippen molar-refractivity contribution in [2.45, 2.75) is 52.4 Å². The van der Waals surface area contributed by atoms with E-state index in [9.17, 15) is 0 Å². The lowest BCUT2D eigenvalue weighted by molar-refractivity contribution is 0.582. The van der Waals surface area contributed by atoms with Crippen LogP contribution in [0.4, 0.5) is 17.1 Å². The molecule has 0 atom stereocenters. The molecule has 0 N–H and O–H groups in total. The van der Waals surface area contributed by atoms with Crippen molar-refractivity contribution in [2.24, 2.45) is 0 Å². The maximum atomic E-state index is 6.17. The third kappa shape index (κ3) is 8.41. The van der Waals surface area contributed by atoms with Crippen LogP contribution in [0.2, 0.25) is 0 Å². The second-order valence-electron chi connectivity index (χ2n) is 17.4. The molecule has 0 spiro atoms. The Balaban J connectivity index is 0.940. The molecule has 0 radical (unpaired) electrons. The standard InChI is InChI=1S/C54H47N5O2/c1-53(2,3)44-26-18-38(19-27-44)49-55-57-51(60-49)42-14-10-12-40(34-42)36-22-30-47(31-23-36)59(46-16-8-7-9-17-46)48-32-24-37(25-33-48)41-13-11-15-43(35-41)52-58-56-50(61-52)39-20-28-45(29-21-39)54(4,5)6/h7-35H,1-6H3. The summed E-state index contributed by atoms with van der Waals surface area (Å²) in [5, 5.41) is 17.5. The number of para-hydroxylation sites is 1. The summed E-state index contributed by atoms with van der Waals surface area (Å²) < 4.78 is 12.3. The molecule has 2 heterocycles. The number of hydrogen-bond donors (Lipinski definition) is 0. The molecule has 0 aliphatic carbocycles. The van der Waals surface area contributed by atoms with Gasteiger partial charge in [0.15, 0.2) is 0 Å². The van der Waals surface area contributed by atoms with E-state index in [2.05, 4.69) is 188 Å². The molecule has 7 aromatic carbocycles. The van der Waals surface area contributed by atoms with Gasteiger partial charge in [-0.3, -0.25) is 0 Å². The molecule has 7 nitrogen and oxygen atoms in total. The molecule has 7 heteroatoms. The Morgan fingerprint density at radius 1 is 0.311 bits per heavy atom. The number of nitrogens with zero attached hydrogens (tertiary/aromatic N) is 5. The first-order valence-corrected chi connectivity index (χ1v) is 20.6. The van der Waals surface area contributed by atoms with Crippen molar-refractivity contribution in [3.8, 4) is 68.1 Å². The van der Waals surface area contributed by atoms with Crippen LogP contribution in [0.1, 0.15) is 52.7 Å². The Morgan fingerprint density at radius 2 is 0.639 bits per heavy atom. The SMILES string of the molecule is CC(C)(C)c1ccc(-c2nnc(-c3cccc(-c4ccc(N(c5ccccc5)c5ccc(-c6cccc(-c7nnc(-c8ccc(C(C)(C)C)cc8)o7)c6)cc5)cc4)c3)o2)cc1. The predicted octanol–water partition coefficient (Wildman–Crippen LogP) is 14.5. The molecular weight excluding hydrogens is 751 g/mol. The molecule has 0 aliphatic heterocycles. The quantitative estimate of drug-likeness (QED) is 0.144. The molecule has 0 saturated carbocycles. The minimum absolute atomic E-state index is 0.0718. The van der Waals surface area contributed by atoms with Gasteiger partial charge in [-0.1, -0.05) is 133 Å². The minimum Gasteiger partial charge on any atom is -0.416 e. The van der Waals surface area contributed by atoms with Crippen LogP contribution in [0.3, 0.4) is 0 Å². The monoisotopic (exact) mass is 797 g/mol. The maximum absolute atomic E-state index is 6.17. The fourth-order valence-electron chi connectivity index (χ4n) is 7.43. The lowest BCUT2D eigenvalue weighted by Crippen LogP contribution is -2.10. The lowest BCUT2D eigenvalue weighted by atomic mass is 9.87. The summed E-state index contributed by atoms with van der Waals surface area (Å²) in [6.45, 7) is 13.2. The first-order chi connectivity index (χ1) is 29.5. The van der Waals surface area contributed by atoms with Gasteiger partial charge in [-0.25, -0.2) is 0 Å². The Morgan fingerprint density at radius 3 is 1.02 bits per heavy atom. The highest BCUT2D eigenvalue weighted by Gasteiger charge is 2.19. The average molecular weight is 798 g/mol. The minimum atomic E-state index is 0.0718. The predicted molar refractivity (Wildman–Crippen MR) is 247 cm³/mol. The van der Waals surface area contributed by atoms with Gasteiger partial charge in [0.1, 0.15) is 0 Å². The molecule has 9 rings (SSSR count). The van der Waals surface area contributed by atoms with E-state index in [0.717, 1.165) is 61.6 Å². The molecule has 0 fully saturated rings. The van der Waals surface area contributed by atoms with Gasteiger partial charge >= 0.3 is 0 Å². The van der Waals surface area contributed by atoms with Crippen molar-refractivity contribution in [3.63, 3.8) is 0 Å². The van der Waals surface area contributed by atoms with Gasteiger partial charge in [-0.15, -0.1) is 20.4 Å². The molecular formula is C54H47N5O2. The zero-order chi connectivity index (χ0) is 42.1. The fourth-order valence-corrected chi connectivity index (χ4v) is 7.43. The van der Waals surface area contributed by atoms with Crippen molar-refractivity contribution in [3.05, 3.63) is 187 Å².